The van der Waals surface area contributed by atoms with Crippen LogP contribution in [-0.2, 0) is 6.54 Å². The Hall–Kier alpha value is -2.96. The Morgan fingerprint density at radius 3 is 2.40 bits per heavy atom. The summed E-state index contributed by atoms with van der Waals surface area (Å²) < 4.78 is 0. The lowest BCUT2D eigenvalue weighted by Gasteiger charge is -2.00. The van der Waals surface area contributed by atoms with E-state index >= 15 is 0 Å². The molecule has 2 N–H and O–H groups in total. The summed E-state index contributed by atoms with van der Waals surface area (Å²) >= 11 is 0. The SMILES string of the molecule is O=[N+]([O-])c1ccc(N=NCc2ccc(O)cc2O)cc1. The maximum atomic E-state index is 10.5. The summed E-state index contributed by atoms with van der Waals surface area (Å²) in [7, 11) is 0. The van der Waals surface area contributed by atoms with Gasteiger partial charge in [0, 0.05) is 23.8 Å². The Kier molecular flexibility index (Phi) is 3.90. The largest absolute Gasteiger partial charge is 0.508 e. The lowest BCUT2D eigenvalue weighted by molar-refractivity contribution is -0.384. The molecule has 0 aliphatic carbocycles. The number of nitro benzene ring substituents is 1. The summed E-state index contributed by atoms with van der Waals surface area (Å²) in [4.78, 5) is 9.99. The Bertz CT molecular complexity index is 653. The van der Waals surface area contributed by atoms with Crippen LogP contribution in [0.2, 0.25) is 0 Å². The second-order valence-corrected chi connectivity index (χ2v) is 3.99. The zero-order valence-corrected chi connectivity index (χ0v) is 10.3. The smallest absolute Gasteiger partial charge is 0.269 e. The normalized spacial score (nSPS) is 10.8. The minimum Gasteiger partial charge on any atom is -0.508 e. The molecule has 0 unspecified atom stereocenters. The Morgan fingerprint density at radius 1 is 1.10 bits per heavy atom. The van der Waals surface area contributed by atoms with Crippen LogP contribution in [-0.4, -0.2) is 15.1 Å². The number of hydrogen-bond acceptors (Lipinski definition) is 6. The third kappa shape index (κ3) is 3.29. The van der Waals surface area contributed by atoms with Crippen LogP contribution in [0.15, 0.2) is 52.7 Å². The molecule has 2 aromatic rings. The Balaban J connectivity index is 2.04. The first-order valence-corrected chi connectivity index (χ1v) is 5.69. The molecule has 0 fully saturated rings. The summed E-state index contributed by atoms with van der Waals surface area (Å²) in [5, 5.41) is 37.0. The van der Waals surface area contributed by atoms with Crippen LogP contribution < -0.4 is 0 Å². The van der Waals surface area contributed by atoms with Crippen molar-refractivity contribution >= 4 is 11.4 Å². The van der Waals surface area contributed by atoms with E-state index in [0.717, 1.165) is 0 Å². The number of aromatic hydroxyl groups is 2. The molecule has 0 aliphatic heterocycles. The number of rotatable bonds is 4. The molecular formula is C13H11N3O4. The Morgan fingerprint density at radius 2 is 1.80 bits per heavy atom. The van der Waals surface area contributed by atoms with Crippen molar-refractivity contribution in [2.24, 2.45) is 10.2 Å². The number of phenols is 2. The second kappa shape index (κ2) is 5.79. The molecule has 2 rings (SSSR count). The lowest BCUT2D eigenvalue weighted by atomic mass is 10.2. The highest BCUT2D eigenvalue weighted by molar-refractivity contribution is 5.43. The van der Waals surface area contributed by atoms with Gasteiger partial charge in [-0.15, -0.1) is 0 Å². The van der Waals surface area contributed by atoms with Gasteiger partial charge in [-0.25, -0.2) is 0 Å². The summed E-state index contributed by atoms with van der Waals surface area (Å²) in [5.41, 5.74) is 0.988. The third-order valence-electron chi connectivity index (χ3n) is 2.56. The molecule has 0 saturated carbocycles. The minimum atomic E-state index is -0.491. The molecule has 7 heteroatoms. The van der Waals surface area contributed by atoms with Gasteiger partial charge in [-0.2, -0.15) is 10.2 Å². The standard InChI is InChI=1S/C13H11N3O4/c17-12-6-1-9(13(18)7-12)8-14-15-10-2-4-11(5-3-10)16(19)20/h1-7,17-18H,8H2. The summed E-state index contributed by atoms with van der Waals surface area (Å²) in [6.45, 7) is 0.142. The van der Waals surface area contributed by atoms with Crippen molar-refractivity contribution in [1.82, 2.24) is 0 Å². The van der Waals surface area contributed by atoms with Crippen molar-refractivity contribution in [3.63, 3.8) is 0 Å². The van der Waals surface area contributed by atoms with Gasteiger partial charge in [-0.1, -0.05) is 0 Å². The molecule has 20 heavy (non-hydrogen) atoms. The number of azo groups is 1. The van der Waals surface area contributed by atoms with Crippen LogP contribution in [0.4, 0.5) is 11.4 Å². The molecule has 2 aromatic carbocycles. The highest BCUT2D eigenvalue weighted by Gasteiger charge is 2.03. The highest BCUT2D eigenvalue weighted by atomic mass is 16.6. The highest BCUT2D eigenvalue weighted by Crippen LogP contribution is 2.24. The van der Waals surface area contributed by atoms with Gasteiger partial charge >= 0.3 is 0 Å². The third-order valence-corrected chi connectivity index (χ3v) is 2.56. The molecule has 0 heterocycles. The lowest BCUT2D eigenvalue weighted by Crippen LogP contribution is -1.85. The molecule has 7 nitrogen and oxygen atoms in total. The average molecular weight is 273 g/mol. The predicted molar refractivity (Wildman–Crippen MR) is 71.1 cm³/mol. The topological polar surface area (TPSA) is 108 Å². The van der Waals surface area contributed by atoms with Crippen LogP contribution in [0.1, 0.15) is 5.56 Å². The zero-order valence-electron chi connectivity index (χ0n) is 10.3. The summed E-state index contributed by atoms with van der Waals surface area (Å²) in [5.74, 6) is -0.0915. The molecule has 0 saturated heterocycles. The van der Waals surface area contributed by atoms with Gasteiger partial charge in [0.25, 0.3) is 5.69 Å². The van der Waals surface area contributed by atoms with Gasteiger partial charge in [-0.05, 0) is 24.3 Å². The molecular weight excluding hydrogens is 262 g/mol. The fourth-order valence-electron chi connectivity index (χ4n) is 1.52. The molecule has 0 aromatic heterocycles. The molecule has 0 amide bonds. The maximum absolute atomic E-state index is 10.5. The van der Waals surface area contributed by atoms with Crippen molar-refractivity contribution < 1.29 is 15.1 Å². The zero-order chi connectivity index (χ0) is 14.5. The first-order valence-electron chi connectivity index (χ1n) is 5.69. The van der Waals surface area contributed by atoms with E-state index in [9.17, 15) is 15.2 Å². The van der Waals surface area contributed by atoms with E-state index in [1.165, 1.54) is 36.4 Å². The maximum Gasteiger partial charge on any atom is 0.269 e. The van der Waals surface area contributed by atoms with Crippen LogP contribution in [0.25, 0.3) is 0 Å². The van der Waals surface area contributed by atoms with E-state index in [1.54, 1.807) is 6.07 Å². The molecule has 0 radical (unpaired) electrons. The van der Waals surface area contributed by atoms with Crippen molar-refractivity contribution in [3.05, 3.63) is 58.1 Å². The number of nitrogens with zero attached hydrogens (tertiary/aromatic N) is 3. The predicted octanol–water partition coefficient (Wildman–Crippen LogP) is 3.29. The van der Waals surface area contributed by atoms with Gasteiger partial charge in [0.05, 0.1) is 17.2 Å². The van der Waals surface area contributed by atoms with E-state index in [4.69, 9.17) is 5.11 Å². The summed E-state index contributed by atoms with van der Waals surface area (Å²) in [6, 6.07) is 9.85. The first-order chi connectivity index (χ1) is 9.56. The van der Waals surface area contributed by atoms with E-state index in [2.05, 4.69) is 10.2 Å². The quantitative estimate of drug-likeness (QED) is 0.506. The van der Waals surface area contributed by atoms with Crippen molar-refractivity contribution in [1.29, 1.82) is 0 Å². The summed E-state index contributed by atoms with van der Waals surface area (Å²) in [6.07, 6.45) is 0. The van der Waals surface area contributed by atoms with Crippen molar-refractivity contribution in [2.45, 2.75) is 6.54 Å². The molecule has 0 atom stereocenters. The van der Waals surface area contributed by atoms with Gasteiger partial charge in [0.15, 0.2) is 0 Å². The molecule has 0 spiro atoms. The first kappa shape index (κ1) is 13.5. The van der Waals surface area contributed by atoms with Crippen LogP contribution in [0.3, 0.4) is 0 Å². The van der Waals surface area contributed by atoms with Gasteiger partial charge in [0.1, 0.15) is 11.5 Å². The molecule has 0 bridgehead atoms. The second-order valence-electron chi connectivity index (χ2n) is 3.99. The van der Waals surface area contributed by atoms with Crippen LogP contribution in [0, 0.1) is 10.1 Å². The molecule has 0 aliphatic rings. The van der Waals surface area contributed by atoms with E-state index in [0.29, 0.717) is 11.3 Å². The number of hydrogen-bond donors (Lipinski definition) is 2. The minimum absolute atomic E-state index is 0.0138. The van der Waals surface area contributed by atoms with Crippen molar-refractivity contribution in [2.75, 3.05) is 0 Å². The van der Waals surface area contributed by atoms with E-state index in [1.807, 2.05) is 0 Å². The Labute approximate surface area is 114 Å². The van der Waals surface area contributed by atoms with Crippen LogP contribution >= 0.6 is 0 Å². The molecule has 102 valence electrons. The number of nitro groups is 1. The van der Waals surface area contributed by atoms with Crippen LogP contribution in [0.5, 0.6) is 11.5 Å². The average Bonchev–Trinajstić information content (AvgIpc) is 2.42. The van der Waals surface area contributed by atoms with Crippen molar-refractivity contribution in [3.8, 4) is 11.5 Å². The van der Waals surface area contributed by atoms with Gasteiger partial charge in [0.2, 0.25) is 0 Å². The number of phenolic OH excluding ortho intramolecular Hbond substituents is 2. The number of non-ortho nitro benzene ring substituents is 1. The fourth-order valence-corrected chi connectivity index (χ4v) is 1.52. The van der Waals surface area contributed by atoms with Gasteiger partial charge < -0.3 is 10.2 Å². The monoisotopic (exact) mass is 273 g/mol. The number of benzene rings is 2. The van der Waals surface area contributed by atoms with E-state index in [-0.39, 0.29) is 23.7 Å². The van der Waals surface area contributed by atoms with Gasteiger partial charge in [-0.3, -0.25) is 10.1 Å². The van der Waals surface area contributed by atoms with E-state index < -0.39 is 4.92 Å². The fraction of sp³-hybridized carbons (Fsp3) is 0.0769.